The SMILES string of the molecule is CCNC(=O)CCOc1cc2c(cc1C(=O)O)OCO2. The Bertz CT molecular complexity index is 528. The maximum absolute atomic E-state index is 11.3. The molecule has 0 aliphatic carbocycles. The number of nitrogens with one attached hydrogen (secondary N) is 1. The molecule has 0 radical (unpaired) electrons. The van der Waals surface area contributed by atoms with Crippen molar-refractivity contribution in [1.29, 1.82) is 0 Å². The van der Waals surface area contributed by atoms with E-state index in [0.29, 0.717) is 18.0 Å². The average molecular weight is 281 g/mol. The summed E-state index contributed by atoms with van der Waals surface area (Å²) in [6.07, 6.45) is 0.154. The summed E-state index contributed by atoms with van der Waals surface area (Å²) in [5.74, 6) is -0.311. The van der Waals surface area contributed by atoms with Gasteiger partial charge in [-0.3, -0.25) is 4.79 Å². The van der Waals surface area contributed by atoms with Crippen molar-refractivity contribution in [2.45, 2.75) is 13.3 Å². The van der Waals surface area contributed by atoms with Crippen LogP contribution in [-0.2, 0) is 4.79 Å². The van der Waals surface area contributed by atoms with E-state index in [-0.39, 0.29) is 37.0 Å². The Kier molecular flexibility index (Phi) is 4.29. The van der Waals surface area contributed by atoms with Crippen molar-refractivity contribution in [2.24, 2.45) is 0 Å². The van der Waals surface area contributed by atoms with Gasteiger partial charge in [0, 0.05) is 18.7 Å². The van der Waals surface area contributed by atoms with Gasteiger partial charge in [-0.15, -0.1) is 0 Å². The minimum Gasteiger partial charge on any atom is -0.492 e. The molecule has 1 aromatic carbocycles. The molecule has 20 heavy (non-hydrogen) atoms. The van der Waals surface area contributed by atoms with Gasteiger partial charge in [-0.1, -0.05) is 0 Å². The van der Waals surface area contributed by atoms with Crippen LogP contribution < -0.4 is 19.5 Å². The van der Waals surface area contributed by atoms with Crippen molar-refractivity contribution in [1.82, 2.24) is 5.32 Å². The van der Waals surface area contributed by atoms with E-state index in [1.54, 1.807) is 0 Å². The molecular weight excluding hydrogens is 266 g/mol. The zero-order valence-electron chi connectivity index (χ0n) is 11.0. The zero-order valence-corrected chi connectivity index (χ0v) is 11.0. The van der Waals surface area contributed by atoms with Crippen molar-refractivity contribution in [2.75, 3.05) is 19.9 Å². The number of amides is 1. The van der Waals surface area contributed by atoms with Crippen molar-refractivity contribution in [3.05, 3.63) is 17.7 Å². The Balaban J connectivity index is 2.06. The molecule has 7 heteroatoms. The molecule has 0 saturated heterocycles. The first-order valence-electron chi connectivity index (χ1n) is 6.18. The van der Waals surface area contributed by atoms with Crippen LogP contribution in [0.3, 0.4) is 0 Å². The van der Waals surface area contributed by atoms with Crippen LogP contribution in [0, 0.1) is 0 Å². The first-order valence-corrected chi connectivity index (χ1v) is 6.18. The summed E-state index contributed by atoms with van der Waals surface area (Å²) < 4.78 is 15.6. The minimum atomic E-state index is -1.13. The van der Waals surface area contributed by atoms with Crippen molar-refractivity contribution in [3.8, 4) is 17.2 Å². The van der Waals surface area contributed by atoms with Crippen LogP contribution in [0.5, 0.6) is 17.2 Å². The smallest absolute Gasteiger partial charge is 0.339 e. The third-order valence-corrected chi connectivity index (χ3v) is 2.67. The highest BCUT2D eigenvalue weighted by atomic mass is 16.7. The number of fused-ring (bicyclic) bond motifs is 1. The lowest BCUT2D eigenvalue weighted by Crippen LogP contribution is -2.24. The molecule has 2 rings (SSSR count). The molecule has 0 aromatic heterocycles. The van der Waals surface area contributed by atoms with Gasteiger partial charge in [0.05, 0.1) is 13.0 Å². The number of ether oxygens (including phenoxy) is 3. The second-order valence-electron chi connectivity index (χ2n) is 4.06. The van der Waals surface area contributed by atoms with Gasteiger partial charge in [-0.2, -0.15) is 0 Å². The first kappa shape index (κ1) is 14.0. The van der Waals surface area contributed by atoms with Gasteiger partial charge in [0.15, 0.2) is 11.5 Å². The highest BCUT2D eigenvalue weighted by Crippen LogP contribution is 2.38. The number of carbonyl (C=O) groups excluding carboxylic acids is 1. The number of carboxylic acids is 1. The van der Waals surface area contributed by atoms with Gasteiger partial charge in [0.1, 0.15) is 11.3 Å². The Morgan fingerprint density at radius 3 is 2.70 bits per heavy atom. The van der Waals surface area contributed by atoms with Crippen LogP contribution in [0.15, 0.2) is 12.1 Å². The number of rotatable bonds is 6. The molecule has 108 valence electrons. The predicted molar refractivity (Wildman–Crippen MR) is 68.3 cm³/mol. The van der Waals surface area contributed by atoms with Crippen molar-refractivity contribution in [3.63, 3.8) is 0 Å². The molecule has 0 saturated carbocycles. The molecule has 0 bridgehead atoms. The van der Waals surface area contributed by atoms with Crippen LogP contribution >= 0.6 is 0 Å². The number of carbonyl (C=O) groups is 2. The monoisotopic (exact) mass is 281 g/mol. The van der Waals surface area contributed by atoms with E-state index in [0.717, 1.165) is 0 Å². The largest absolute Gasteiger partial charge is 0.492 e. The molecular formula is C13H15NO6. The Morgan fingerprint density at radius 2 is 2.05 bits per heavy atom. The zero-order chi connectivity index (χ0) is 14.5. The van der Waals surface area contributed by atoms with Crippen LogP contribution in [0.1, 0.15) is 23.7 Å². The number of hydrogen-bond acceptors (Lipinski definition) is 5. The van der Waals surface area contributed by atoms with Gasteiger partial charge in [-0.05, 0) is 6.92 Å². The molecule has 1 aliphatic rings. The molecule has 1 heterocycles. The lowest BCUT2D eigenvalue weighted by Gasteiger charge is -2.10. The van der Waals surface area contributed by atoms with Gasteiger partial charge in [-0.25, -0.2) is 4.79 Å². The van der Waals surface area contributed by atoms with E-state index in [1.807, 2.05) is 6.92 Å². The van der Waals surface area contributed by atoms with Gasteiger partial charge >= 0.3 is 5.97 Å². The molecule has 1 aliphatic heterocycles. The summed E-state index contributed by atoms with van der Waals surface area (Å²) in [4.78, 5) is 22.5. The van der Waals surface area contributed by atoms with E-state index in [2.05, 4.69) is 5.32 Å². The summed E-state index contributed by atoms with van der Waals surface area (Å²) >= 11 is 0. The van der Waals surface area contributed by atoms with Gasteiger partial charge < -0.3 is 24.6 Å². The van der Waals surface area contributed by atoms with Crippen molar-refractivity contribution < 1.29 is 28.9 Å². The third kappa shape index (κ3) is 3.11. The van der Waals surface area contributed by atoms with E-state index in [1.165, 1.54) is 12.1 Å². The molecule has 1 aromatic rings. The normalized spacial score (nSPS) is 12.1. The van der Waals surface area contributed by atoms with Crippen LogP contribution in [0.4, 0.5) is 0 Å². The number of benzene rings is 1. The van der Waals surface area contributed by atoms with Crippen LogP contribution in [0.25, 0.3) is 0 Å². The molecule has 1 amide bonds. The topological polar surface area (TPSA) is 94.1 Å². The summed E-state index contributed by atoms with van der Waals surface area (Å²) in [6, 6.07) is 2.82. The van der Waals surface area contributed by atoms with Gasteiger partial charge in [0.25, 0.3) is 0 Å². The Labute approximate surface area is 115 Å². The fourth-order valence-electron chi connectivity index (χ4n) is 1.75. The Morgan fingerprint density at radius 1 is 1.35 bits per heavy atom. The first-order chi connectivity index (χ1) is 9.61. The van der Waals surface area contributed by atoms with Gasteiger partial charge in [0.2, 0.25) is 12.7 Å². The summed E-state index contributed by atoms with van der Waals surface area (Å²) in [7, 11) is 0. The quantitative estimate of drug-likeness (QED) is 0.808. The minimum absolute atomic E-state index is 0.0230. The fourth-order valence-corrected chi connectivity index (χ4v) is 1.75. The van der Waals surface area contributed by atoms with Crippen LogP contribution in [-0.4, -0.2) is 36.9 Å². The maximum Gasteiger partial charge on any atom is 0.339 e. The predicted octanol–water partition coefficient (Wildman–Crippen LogP) is 1.02. The maximum atomic E-state index is 11.3. The van der Waals surface area contributed by atoms with Crippen molar-refractivity contribution >= 4 is 11.9 Å². The summed E-state index contributed by atoms with van der Waals surface area (Å²) in [6.45, 7) is 2.50. The number of hydrogen-bond donors (Lipinski definition) is 2. The molecule has 2 N–H and O–H groups in total. The van der Waals surface area contributed by atoms with Crippen LogP contribution in [0.2, 0.25) is 0 Å². The standard InChI is InChI=1S/C13H15NO6/c1-2-14-12(15)3-4-18-9-6-11-10(19-7-20-11)5-8(9)13(16)17/h5-6H,2-4,7H2,1H3,(H,14,15)(H,16,17). The number of aromatic carboxylic acids is 1. The third-order valence-electron chi connectivity index (χ3n) is 2.67. The lowest BCUT2D eigenvalue weighted by atomic mass is 10.2. The molecule has 0 unspecified atom stereocenters. The summed E-state index contributed by atoms with van der Waals surface area (Å²) in [5.41, 5.74) is -0.0230. The second-order valence-corrected chi connectivity index (χ2v) is 4.06. The average Bonchev–Trinajstić information content (AvgIpc) is 2.85. The lowest BCUT2D eigenvalue weighted by molar-refractivity contribution is -0.121. The molecule has 0 atom stereocenters. The number of carboxylic acid groups (broad SMARTS) is 1. The molecule has 0 spiro atoms. The summed E-state index contributed by atoms with van der Waals surface area (Å²) in [5, 5.41) is 11.8. The molecule has 0 fully saturated rings. The second kappa shape index (κ2) is 6.14. The highest BCUT2D eigenvalue weighted by molar-refractivity contribution is 5.92. The van der Waals surface area contributed by atoms with E-state index >= 15 is 0 Å². The van der Waals surface area contributed by atoms with E-state index < -0.39 is 5.97 Å². The van der Waals surface area contributed by atoms with E-state index in [4.69, 9.17) is 19.3 Å². The Hall–Kier alpha value is -2.44. The molecule has 7 nitrogen and oxygen atoms in total. The highest BCUT2D eigenvalue weighted by Gasteiger charge is 2.21. The fraction of sp³-hybridized carbons (Fsp3) is 0.385. The van der Waals surface area contributed by atoms with E-state index in [9.17, 15) is 9.59 Å².